The number of nitrogens with two attached hydrogens (primary N) is 1. The lowest BCUT2D eigenvalue weighted by Crippen LogP contribution is -2.12. The second-order valence-corrected chi connectivity index (χ2v) is 4.68. The van der Waals surface area contributed by atoms with E-state index in [0.717, 1.165) is 5.75 Å². The summed E-state index contributed by atoms with van der Waals surface area (Å²) in [6.45, 7) is 1.38. The van der Waals surface area contributed by atoms with E-state index in [0.29, 0.717) is 23.8 Å². The number of fused-ring (bicyclic) bond motifs is 1. The van der Waals surface area contributed by atoms with Crippen LogP contribution in [0, 0.1) is 0 Å². The highest BCUT2D eigenvalue weighted by Gasteiger charge is 2.25. The summed E-state index contributed by atoms with van der Waals surface area (Å²) in [7, 11) is 0. The van der Waals surface area contributed by atoms with Crippen molar-refractivity contribution in [1.29, 1.82) is 0 Å². The first-order valence-corrected chi connectivity index (χ1v) is 6.11. The molecule has 17 heavy (non-hydrogen) atoms. The average Bonchev–Trinajstić information content (AvgIpc) is 2.85. The van der Waals surface area contributed by atoms with Crippen molar-refractivity contribution in [2.75, 3.05) is 12.3 Å². The lowest BCUT2D eigenvalue weighted by atomic mass is 10.0. The molecule has 0 saturated heterocycles. The van der Waals surface area contributed by atoms with Gasteiger partial charge in [0, 0.05) is 11.5 Å². The van der Waals surface area contributed by atoms with Crippen LogP contribution in [0.25, 0.3) is 0 Å². The first-order chi connectivity index (χ1) is 8.24. The fourth-order valence-electron chi connectivity index (χ4n) is 2.04. The highest BCUT2D eigenvalue weighted by molar-refractivity contribution is 9.10. The zero-order valence-corrected chi connectivity index (χ0v) is 10.6. The maximum atomic E-state index is 5.62. The lowest BCUT2D eigenvalue weighted by molar-refractivity contribution is 0.314. The molecule has 0 bridgehead atoms. The van der Waals surface area contributed by atoms with Gasteiger partial charge in [0.2, 0.25) is 5.95 Å². The van der Waals surface area contributed by atoms with Crippen LogP contribution < -0.4 is 10.5 Å². The first kappa shape index (κ1) is 10.6. The molecule has 1 unspecified atom stereocenters. The molecule has 1 aromatic carbocycles. The molecular weight excluding hydrogens is 284 g/mol. The van der Waals surface area contributed by atoms with Crippen molar-refractivity contribution in [1.82, 2.24) is 14.8 Å². The number of nitrogens with zero attached hydrogens (tertiary/aromatic N) is 3. The Bertz CT molecular complexity index is 554. The van der Waals surface area contributed by atoms with E-state index >= 15 is 0 Å². The second kappa shape index (κ2) is 4.03. The van der Waals surface area contributed by atoms with E-state index in [9.17, 15) is 0 Å². The van der Waals surface area contributed by atoms with Crippen molar-refractivity contribution >= 4 is 21.9 Å². The zero-order valence-electron chi connectivity index (χ0n) is 9.01. The van der Waals surface area contributed by atoms with E-state index in [2.05, 4.69) is 32.1 Å². The van der Waals surface area contributed by atoms with E-state index in [1.54, 1.807) is 4.68 Å². The fourth-order valence-corrected chi connectivity index (χ4v) is 2.45. The number of hydrogen-bond donors (Lipinski definition) is 1. The number of aromatic nitrogens is 3. The van der Waals surface area contributed by atoms with Gasteiger partial charge in [-0.05, 0) is 22.0 Å². The topological polar surface area (TPSA) is 66.0 Å². The van der Waals surface area contributed by atoms with Crippen molar-refractivity contribution in [2.45, 2.75) is 12.5 Å². The van der Waals surface area contributed by atoms with Crippen molar-refractivity contribution < 1.29 is 4.74 Å². The molecule has 0 amide bonds. The molecule has 6 heteroatoms. The molecule has 2 N–H and O–H groups in total. The largest absolute Gasteiger partial charge is 0.493 e. The van der Waals surface area contributed by atoms with Crippen LogP contribution in [-0.2, 0) is 6.54 Å². The van der Waals surface area contributed by atoms with Gasteiger partial charge in [-0.3, -0.25) is 0 Å². The number of para-hydroxylation sites is 1. The van der Waals surface area contributed by atoms with Gasteiger partial charge < -0.3 is 10.5 Å². The van der Waals surface area contributed by atoms with E-state index in [-0.39, 0.29) is 5.95 Å². The minimum atomic E-state index is 0.282. The molecule has 2 heterocycles. The predicted octanol–water partition coefficient (Wildman–Crippen LogP) is 1.80. The van der Waals surface area contributed by atoms with E-state index < -0.39 is 0 Å². The van der Waals surface area contributed by atoms with Gasteiger partial charge in [-0.25, -0.2) is 4.68 Å². The molecule has 88 valence electrons. The average molecular weight is 295 g/mol. The summed E-state index contributed by atoms with van der Waals surface area (Å²) >= 11 is 3.33. The van der Waals surface area contributed by atoms with Crippen LogP contribution in [0.15, 0.2) is 29.0 Å². The maximum absolute atomic E-state index is 5.62. The Balaban J connectivity index is 1.86. The van der Waals surface area contributed by atoms with Crippen LogP contribution in [0.3, 0.4) is 0 Å². The van der Waals surface area contributed by atoms with Crippen LogP contribution in [0.4, 0.5) is 5.95 Å². The van der Waals surface area contributed by atoms with Gasteiger partial charge >= 0.3 is 0 Å². The maximum Gasteiger partial charge on any atom is 0.240 e. The van der Waals surface area contributed by atoms with E-state index in [1.165, 1.54) is 5.56 Å². The number of nitrogen functional groups attached to an aromatic ring is 1. The molecule has 3 rings (SSSR count). The Kier molecular flexibility index (Phi) is 2.51. The Morgan fingerprint density at radius 3 is 3.06 bits per heavy atom. The molecular formula is C11H11BrN4O. The lowest BCUT2D eigenvalue weighted by Gasteiger charge is -2.08. The van der Waals surface area contributed by atoms with Crippen LogP contribution in [0.1, 0.15) is 11.5 Å². The van der Waals surface area contributed by atoms with E-state index in [4.69, 9.17) is 10.5 Å². The van der Waals surface area contributed by atoms with Gasteiger partial charge in [0.05, 0.1) is 13.2 Å². The third kappa shape index (κ3) is 1.88. The molecule has 2 aromatic rings. The van der Waals surface area contributed by atoms with Gasteiger partial charge in [-0.2, -0.15) is 4.98 Å². The molecule has 0 spiro atoms. The summed E-state index contributed by atoms with van der Waals surface area (Å²) in [4.78, 5) is 4.01. The molecule has 0 radical (unpaired) electrons. The number of halogens is 1. The number of anilines is 1. The Labute approximate surface area is 107 Å². The SMILES string of the molecule is Nc1nc(Br)n(CC2COc3ccccc32)n1. The fraction of sp³-hybridized carbons (Fsp3) is 0.273. The minimum absolute atomic E-state index is 0.282. The molecule has 0 aliphatic carbocycles. The summed E-state index contributed by atoms with van der Waals surface area (Å²) in [6, 6.07) is 8.07. The Morgan fingerprint density at radius 2 is 2.29 bits per heavy atom. The highest BCUT2D eigenvalue weighted by atomic mass is 79.9. The first-order valence-electron chi connectivity index (χ1n) is 5.31. The van der Waals surface area contributed by atoms with Crippen molar-refractivity contribution in [3.63, 3.8) is 0 Å². The summed E-state index contributed by atoms with van der Waals surface area (Å²) in [5.74, 6) is 1.54. The molecule has 1 aliphatic heterocycles. The zero-order chi connectivity index (χ0) is 11.8. The third-order valence-electron chi connectivity index (χ3n) is 2.84. The normalized spacial score (nSPS) is 17.8. The van der Waals surface area contributed by atoms with Crippen LogP contribution in [0.2, 0.25) is 0 Å². The number of ether oxygens (including phenoxy) is 1. The van der Waals surface area contributed by atoms with Gasteiger partial charge in [0.1, 0.15) is 5.75 Å². The van der Waals surface area contributed by atoms with Crippen LogP contribution in [-0.4, -0.2) is 21.4 Å². The summed E-state index contributed by atoms with van der Waals surface area (Å²) < 4.78 is 8.03. The summed E-state index contributed by atoms with van der Waals surface area (Å²) in [6.07, 6.45) is 0. The quantitative estimate of drug-likeness (QED) is 0.917. The van der Waals surface area contributed by atoms with Gasteiger partial charge in [-0.1, -0.05) is 18.2 Å². The van der Waals surface area contributed by atoms with Gasteiger partial charge in [0.25, 0.3) is 0 Å². The Hall–Kier alpha value is -1.56. The molecule has 0 fully saturated rings. The van der Waals surface area contributed by atoms with Gasteiger partial charge in [0.15, 0.2) is 4.73 Å². The minimum Gasteiger partial charge on any atom is -0.493 e. The molecule has 1 atom stereocenters. The van der Waals surface area contributed by atoms with Crippen molar-refractivity contribution in [3.8, 4) is 5.75 Å². The summed E-state index contributed by atoms with van der Waals surface area (Å²) in [5, 5.41) is 4.13. The number of hydrogen-bond acceptors (Lipinski definition) is 4. The number of benzene rings is 1. The Morgan fingerprint density at radius 1 is 1.47 bits per heavy atom. The van der Waals surface area contributed by atoms with Crippen molar-refractivity contribution in [3.05, 3.63) is 34.6 Å². The second-order valence-electron chi connectivity index (χ2n) is 3.97. The molecule has 5 nitrogen and oxygen atoms in total. The predicted molar refractivity (Wildman–Crippen MR) is 66.8 cm³/mol. The monoisotopic (exact) mass is 294 g/mol. The third-order valence-corrected chi connectivity index (χ3v) is 3.42. The highest BCUT2D eigenvalue weighted by Crippen LogP contribution is 2.34. The van der Waals surface area contributed by atoms with Crippen LogP contribution >= 0.6 is 15.9 Å². The van der Waals surface area contributed by atoms with E-state index in [1.807, 2.05) is 18.2 Å². The van der Waals surface area contributed by atoms with Gasteiger partial charge in [-0.15, -0.1) is 5.10 Å². The molecule has 1 aliphatic rings. The van der Waals surface area contributed by atoms with Crippen LogP contribution in [0.5, 0.6) is 5.75 Å². The molecule has 1 aromatic heterocycles. The van der Waals surface area contributed by atoms with Crippen molar-refractivity contribution in [2.24, 2.45) is 0 Å². The smallest absolute Gasteiger partial charge is 0.240 e. The molecule has 0 saturated carbocycles. The number of rotatable bonds is 2. The summed E-state index contributed by atoms with van der Waals surface area (Å²) in [5.41, 5.74) is 6.76. The standard InChI is InChI=1S/C11H11BrN4O/c12-10-14-11(13)15-16(10)5-7-6-17-9-4-2-1-3-8(7)9/h1-4,7H,5-6H2,(H2,13,15).